The molecule has 0 saturated carbocycles. The average molecular weight is 770 g/mol. The van der Waals surface area contributed by atoms with Crippen LogP contribution in [0.1, 0.15) is 11.1 Å². The normalized spacial score (nSPS) is 11.9. The van der Waals surface area contributed by atoms with E-state index in [4.69, 9.17) is 10.2 Å². The second-order valence-electron chi connectivity index (χ2n) is 7.20. The monoisotopic (exact) mass is 766 g/mol. The molecular formula is C26H18Br4N4S2. The molecule has 4 aromatic rings. The molecule has 4 rings (SSSR count). The summed E-state index contributed by atoms with van der Waals surface area (Å²) in [7, 11) is 3.07. The molecule has 4 aromatic carbocycles. The van der Waals surface area contributed by atoms with Crippen molar-refractivity contribution in [3.8, 4) is 0 Å². The third kappa shape index (κ3) is 7.97. The Morgan fingerprint density at radius 3 is 1.28 bits per heavy atom. The summed E-state index contributed by atoms with van der Waals surface area (Å²) in [6.07, 6.45) is 0. The lowest BCUT2D eigenvalue weighted by Crippen LogP contribution is -2.03. The van der Waals surface area contributed by atoms with Gasteiger partial charge in [0.1, 0.15) is 10.1 Å². The van der Waals surface area contributed by atoms with Gasteiger partial charge in [-0.15, -0.1) is 0 Å². The first-order chi connectivity index (χ1) is 17.5. The summed E-state index contributed by atoms with van der Waals surface area (Å²) in [6, 6.07) is 32.0. The maximum Gasteiger partial charge on any atom is 0.135 e. The summed E-state index contributed by atoms with van der Waals surface area (Å²) in [4.78, 5) is 0. The van der Waals surface area contributed by atoms with Crippen LogP contribution in [0.5, 0.6) is 0 Å². The van der Waals surface area contributed by atoms with E-state index < -0.39 is 0 Å². The maximum absolute atomic E-state index is 4.74. The third-order valence-corrected chi connectivity index (χ3v) is 9.21. The second kappa shape index (κ2) is 13.8. The molecule has 2 N–H and O–H groups in total. The van der Waals surface area contributed by atoms with Crippen LogP contribution < -0.4 is 10.9 Å². The molecule has 0 radical (unpaired) electrons. The first kappa shape index (κ1) is 27.5. The van der Waals surface area contributed by atoms with E-state index in [1.165, 1.54) is 21.6 Å². The summed E-state index contributed by atoms with van der Waals surface area (Å²) < 4.78 is 3.82. The number of halogens is 4. The van der Waals surface area contributed by atoms with Gasteiger partial charge in [-0.3, -0.25) is 10.9 Å². The fraction of sp³-hybridized carbons (Fsp3) is 0. The van der Waals surface area contributed by atoms with Crippen molar-refractivity contribution in [2.45, 2.75) is 0 Å². The smallest absolute Gasteiger partial charge is 0.135 e. The van der Waals surface area contributed by atoms with Gasteiger partial charge in [-0.2, -0.15) is 10.2 Å². The minimum absolute atomic E-state index is 0.823. The van der Waals surface area contributed by atoms with E-state index in [0.29, 0.717) is 0 Å². The van der Waals surface area contributed by atoms with E-state index in [9.17, 15) is 0 Å². The average Bonchev–Trinajstić information content (AvgIpc) is 2.88. The van der Waals surface area contributed by atoms with E-state index in [-0.39, 0.29) is 0 Å². The SMILES string of the molecule is Brc1ccc(N/N=C(\SS/C(=N\Nc2ccc(Br)cc2Br)c2ccccc2)c2ccccc2)c(Br)c1. The molecule has 0 aromatic heterocycles. The molecule has 0 fully saturated rings. The van der Waals surface area contributed by atoms with E-state index in [1.54, 1.807) is 0 Å². The van der Waals surface area contributed by atoms with Crippen molar-refractivity contribution in [1.82, 2.24) is 0 Å². The van der Waals surface area contributed by atoms with E-state index in [0.717, 1.165) is 50.5 Å². The fourth-order valence-electron chi connectivity index (χ4n) is 2.89. The number of hydrogen-bond acceptors (Lipinski definition) is 6. The molecule has 36 heavy (non-hydrogen) atoms. The highest BCUT2D eigenvalue weighted by atomic mass is 79.9. The van der Waals surface area contributed by atoms with Crippen molar-refractivity contribution in [2.24, 2.45) is 10.2 Å². The molecule has 0 aliphatic carbocycles. The first-order valence-corrected chi connectivity index (χ1v) is 15.8. The Morgan fingerprint density at radius 2 is 0.917 bits per heavy atom. The standard InChI is InChI=1S/C26H18Br4N4S2/c27-19-11-13-23(21(29)15-19)31-33-25(17-7-3-1-4-8-17)35-36-26(18-9-5-2-6-10-18)34-32-24-14-12-20(28)16-22(24)30/h1-16,31-32H/b33-25-,34-26-. The second-order valence-corrected chi connectivity index (χ2v) is 12.9. The first-order valence-electron chi connectivity index (χ1n) is 10.5. The molecule has 4 nitrogen and oxygen atoms in total. The zero-order chi connectivity index (χ0) is 25.3. The Kier molecular flexibility index (Phi) is 10.6. The van der Waals surface area contributed by atoms with Gasteiger partial charge >= 0.3 is 0 Å². The molecule has 0 aliphatic rings. The largest absolute Gasteiger partial charge is 0.276 e. The van der Waals surface area contributed by atoms with Gasteiger partial charge in [0, 0.05) is 29.0 Å². The highest BCUT2D eigenvalue weighted by Gasteiger charge is 2.12. The number of nitrogens with zero attached hydrogens (tertiary/aromatic N) is 2. The van der Waals surface area contributed by atoms with Gasteiger partial charge in [0.25, 0.3) is 0 Å². The van der Waals surface area contributed by atoms with E-state index in [2.05, 4.69) is 74.6 Å². The van der Waals surface area contributed by atoms with Crippen molar-refractivity contribution < 1.29 is 0 Å². The van der Waals surface area contributed by atoms with Crippen LogP contribution in [0.3, 0.4) is 0 Å². The van der Waals surface area contributed by atoms with E-state index in [1.807, 2.05) is 97.1 Å². The molecule has 0 unspecified atom stereocenters. The van der Waals surface area contributed by atoms with Crippen molar-refractivity contribution in [1.29, 1.82) is 0 Å². The van der Waals surface area contributed by atoms with Crippen LogP contribution in [0, 0.1) is 0 Å². The zero-order valence-corrected chi connectivity index (χ0v) is 26.4. The van der Waals surface area contributed by atoms with Gasteiger partial charge in [0.05, 0.1) is 11.4 Å². The van der Waals surface area contributed by atoms with Gasteiger partial charge in [0.2, 0.25) is 0 Å². The fourth-order valence-corrected chi connectivity index (χ4v) is 7.22. The van der Waals surface area contributed by atoms with Crippen LogP contribution in [0.4, 0.5) is 11.4 Å². The number of hydrogen-bond donors (Lipinski definition) is 2. The summed E-state index contributed by atoms with van der Waals surface area (Å²) >= 11 is 14.2. The number of nitrogens with one attached hydrogen (secondary N) is 2. The highest BCUT2D eigenvalue weighted by molar-refractivity contribution is 9.11. The van der Waals surface area contributed by atoms with Crippen molar-refractivity contribution in [2.75, 3.05) is 10.9 Å². The molecule has 0 saturated heterocycles. The Labute approximate surface area is 251 Å². The highest BCUT2D eigenvalue weighted by Crippen LogP contribution is 2.33. The predicted molar refractivity (Wildman–Crippen MR) is 172 cm³/mol. The predicted octanol–water partition coefficient (Wildman–Crippen LogP) is 10.4. The summed E-state index contributed by atoms with van der Waals surface area (Å²) in [5.41, 5.74) is 10.1. The Bertz CT molecular complexity index is 1280. The Balaban J connectivity index is 1.60. The van der Waals surface area contributed by atoms with Crippen LogP contribution in [0.15, 0.2) is 125 Å². The lowest BCUT2D eigenvalue weighted by atomic mass is 10.2. The topological polar surface area (TPSA) is 48.8 Å². The van der Waals surface area contributed by atoms with Crippen LogP contribution in [-0.2, 0) is 0 Å². The zero-order valence-electron chi connectivity index (χ0n) is 18.5. The summed E-state index contributed by atoms with van der Waals surface area (Å²) in [5, 5.41) is 11.1. The summed E-state index contributed by atoms with van der Waals surface area (Å²) in [6.45, 7) is 0. The third-order valence-electron chi connectivity index (χ3n) is 4.66. The number of hydrazone groups is 2. The van der Waals surface area contributed by atoms with Crippen molar-refractivity contribution >= 4 is 107 Å². The number of anilines is 2. The van der Waals surface area contributed by atoms with Crippen LogP contribution >= 0.6 is 85.3 Å². The van der Waals surface area contributed by atoms with Gasteiger partial charge < -0.3 is 0 Å². The van der Waals surface area contributed by atoms with Gasteiger partial charge in [-0.05, 0) is 89.8 Å². The Hall–Kier alpha value is -1.56. The molecule has 0 aliphatic heterocycles. The molecule has 0 heterocycles. The number of benzene rings is 4. The minimum Gasteiger partial charge on any atom is -0.276 e. The van der Waals surface area contributed by atoms with Crippen LogP contribution in [0.2, 0.25) is 0 Å². The lowest BCUT2D eigenvalue weighted by molar-refractivity contribution is 1.33. The van der Waals surface area contributed by atoms with Crippen molar-refractivity contribution in [3.05, 3.63) is 126 Å². The van der Waals surface area contributed by atoms with Gasteiger partial charge in [-0.1, -0.05) is 92.5 Å². The van der Waals surface area contributed by atoms with Gasteiger partial charge in [-0.25, -0.2) is 0 Å². The van der Waals surface area contributed by atoms with E-state index >= 15 is 0 Å². The molecule has 0 spiro atoms. The lowest BCUT2D eigenvalue weighted by Gasteiger charge is -2.11. The quantitative estimate of drug-likeness (QED) is 0.0888. The molecular weight excluding hydrogens is 752 g/mol. The molecule has 10 heteroatoms. The molecule has 0 bridgehead atoms. The van der Waals surface area contributed by atoms with Crippen LogP contribution in [0.25, 0.3) is 0 Å². The molecule has 0 atom stereocenters. The summed E-state index contributed by atoms with van der Waals surface area (Å²) in [5.74, 6) is 0. The minimum atomic E-state index is 0.823. The Morgan fingerprint density at radius 1 is 0.528 bits per heavy atom. The molecule has 182 valence electrons. The maximum atomic E-state index is 4.74. The van der Waals surface area contributed by atoms with Crippen LogP contribution in [-0.4, -0.2) is 10.1 Å². The molecule has 0 amide bonds. The number of rotatable bonds is 6. The van der Waals surface area contributed by atoms with Crippen molar-refractivity contribution in [3.63, 3.8) is 0 Å². The van der Waals surface area contributed by atoms with Gasteiger partial charge in [0.15, 0.2) is 0 Å².